The van der Waals surface area contributed by atoms with Gasteiger partial charge < -0.3 is 4.90 Å². The third-order valence-corrected chi connectivity index (χ3v) is 3.99. The molecule has 1 saturated heterocycles. The first-order valence-electron chi connectivity index (χ1n) is 6.32. The van der Waals surface area contributed by atoms with Crippen LogP contribution in [0.1, 0.15) is 25.1 Å². The van der Waals surface area contributed by atoms with Crippen LogP contribution in [0, 0.1) is 0 Å². The van der Waals surface area contributed by atoms with Crippen molar-refractivity contribution >= 4 is 17.7 Å². The van der Waals surface area contributed by atoms with Crippen LogP contribution in [0.5, 0.6) is 0 Å². The number of thioether (sulfide) groups is 1. The number of carbonyl (C=O) groups excluding carboxylic acids is 1. The minimum atomic E-state index is 0.0376. The van der Waals surface area contributed by atoms with Crippen molar-refractivity contribution in [2.24, 2.45) is 0 Å². The maximum atomic E-state index is 12.0. The molecule has 1 aliphatic heterocycles. The molecule has 0 bridgehead atoms. The molecule has 1 aromatic rings. The molecule has 1 aromatic carbocycles. The van der Waals surface area contributed by atoms with Crippen LogP contribution in [0.4, 0.5) is 0 Å². The van der Waals surface area contributed by atoms with E-state index in [0.717, 1.165) is 12.2 Å². The number of carbonyl (C=O) groups is 1. The SMILES string of the molecule is CSCCC(C)N1C(=O)CNC1c1ccccc1. The van der Waals surface area contributed by atoms with Crippen LogP contribution in [0.15, 0.2) is 30.3 Å². The van der Waals surface area contributed by atoms with Gasteiger partial charge in [0, 0.05) is 6.04 Å². The maximum Gasteiger partial charge on any atom is 0.238 e. The number of amides is 1. The summed E-state index contributed by atoms with van der Waals surface area (Å²) >= 11 is 1.83. The van der Waals surface area contributed by atoms with Crippen molar-refractivity contribution in [2.75, 3.05) is 18.6 Å². The van der Waals surface area contributed by atoms with Gasteiger partial charge in [0.2, 0.25) is 5.91 Å². The van der Waals surface area contributed by atoms with Gasteiger partial charge in [0.15, 0.2) is 0 Å². The zero-order chi connectivity index (χ0) is 13.0. The normalized spacial score (nSPS) is 21.3. The van der Waals surface area contributed by atoms with Gasteiger partial charge >= 0.3 is 0 Å². The quantitative estimate of drug-likeness (QED) is 0.885. The molecule has 4 heteroatoms. The maximum absolute atomic E-state index is 12.0. The van der Waals surface area contributed by atoms with Gasteiger partial charge in [0.1, 0.15) is 6.17 Å². The second-order valence-electron chi connectivity index (χ2n) is 4.63. The van der Waals surface area contributed by atoms with Gasteiger partial charge in [-0.1, -0.05) is 30.3 Å². The second-order valence-corrected chi connectivity index (χ2v) is 5.61. The van der Waals surface area contributed by atoms with E-state index >= 15 is 0 Å². The fraction of sp³-hybridized carbons (Fsp3) is 0.500. The van der Waals surface area contributed by atoms with Gasteiger partial charge in [-0.2, -0.15) is 11.8 Å². The van der Waals surface area contributed by atoms with Crippen LogP contribution >= 0.6 is 11.8 Å². The third-order valence-electron chi connectivity index (χ3n) is 3.34. The van der Waals surface area contributed by atoms with Crippen molar-refractivity contribution in [1.82, 2.24) is 10.2 Å². The average molecular weight is 264 g/mol. The van der Waals surface area contributed by atoms with Crippen molar-refractivity contribution in [3.05, 3.63) is 35.9 Å². The molecule has 3 nitrogen and oxygen atoms in total. The van der Waals surface area contributed by atoms with Gasteiger partial charge in [-0.15, -0.1) is 0 Å². The lowest BCUT2D eigenvalue weighted by molar-refractivity contribution is -0.130. The van der Waals surface area contributed by atoms with Gasteiger partial charge in [-0.3, -0.25) is 10.1 Å². The fourth-order valence-electron chi connectivity index (χ4n) is 2.36. The number of hydrogen-bond donors (Lipinski definition) is 1. The van der Waals surface area contributed by atoms with Crippen LogP contribution in [0.25, 0.3) is 0 Å². The molecule has 1 fully saturated rings. The Labute approximate surface area is 113 Å². The molecule has 1 N–H and O–H groups in total. The molecular weight excluding hydrogens is 244 g/mol. The van der Waals surface area contributed by atoms with Crippen molar-refractivity contribution in [2.45, 2.75) is 25.6 Å². The standard InChI is InChI=1S/C14H20N2OS/c1-11(8-9-18-2)16-13(17)10-15-14(16)12-6-4-3-5-7-12/h3-7,11,14-15H,8-10H2,1-2H3. The fourth-order valence-corrected chi connectivity index (χ4v) is 2.94. The highest BCUT2D eigenvalue weighted by atomic mass is 32.2. The molecular formula is C14H20N2OS. The number of nitrogens with one attached hydrogen (secondary N) is 1. The van der Waals surface area contributed by atoms with E-state index < -0.39 is 0 Å². The van der Waals surface area contributed by atoms with Crippen molar-refractivity contribution < 1.29 is 4.79 Å². The first-order chi connectivity index (χ1) is 8.74. The summed E-state index contributed by atoms with van der Waals surface area (Å²) in [6.45, 7) is 2.58. The predicted octanol–water partition coefficient (Wildman–Crippen LogP) is 2.26. The predicted molar refractivity (Wildman–Crippen MR) is 76.5 cm³/mol. The van der Waals surface area contributed by atoms with Crippen molar-refractivity contribution in [1.29, 1.82) is 0 Å². The van der Waals surface area contributed by atoms with E-state index in [1.54, 1.807) is 0 Å². The van der Waals surface area contributed by atoms with Crippen molar-refractivity contribution in [3.63, 3.8) is 0 Å². The number of benzene rings is 1. The van der Waals surface area contributed by atoms with Gasteiger partial charge in [-0.05, 0) is 30.9 Å². The van der Waals surface area contributed by atoms with Gasteiger partial charge in [0.25, 0.3) is 0 Å². The lowest BCUT2D eigenvalue weighted by Gasteiger charge is -2.30. The lowest BCUT2D eigenvalue weighted by Crippen LogP contribution is -2.38. The van der Waals surface area contributed by atoms with Crippen LogP contribution in [0.2, 0.25) is 0 Å². The Kier molecular flexibility index (Phi) is 4.66. The molecule has 0 aliphatic carbocycles. The van der Waals surface area contributed by atoms with E-state index in [2.05, 4.69) is 30.6 Å². The molecule has 0 spiro atoms. The zero-order valence-electron chi connectivity index (χ0n) is 10.9. The Balaban J connectivity index is 2.12. The van der Waals surface area contributed by atoms with E-state index in [-0.39, 0.29) is 18.1 Å². The van der Waals surface area contributed by atoms with E-state index in [4.69, 9.17) is 0 Å². The minimum Gasteiger partial charge on any atom is -0.319 e. The molecule has 2 rings (SSSR count). The largest absolute Gasteiger partial charge is 0.319 e. The summed E-state index contributed by atoms with van der Waals surface area (Å²) in [6, 6.07) is 10.5. The summed E-state index contributed by atoms with van der Waals surface area (Å²) in [6.07, 6.45) is 3.18. The molecule has 0 saturated carbocycles. The molecule has 0 aromatic heterocycles. The number of hydrogen-bond acceptors (Lipinski definition) is 3. The van der Waals surface area contributed by atoms with Gasteiger partial charge in [-0.25, -0.2) is 0 Å². The Morgan fingerprint density at radius 3 is 2.83 bits per heavy atom. The van der Waals surface area contributed by atoms with Crippen LogP contribution in [0.3, 0.4) is 0 Å². The average Bonchev–Trinajstić information content (AvgIpc) is 2.79. The third kappa shape index (κ3) is 2.87. The molecule has 2 atom stereocenters. The van der Waals surface area contributed by atoms with Crippen LogP contribution in [-0.2, 0) is 4.79 Å². The first-order valence-corrected chi connectivity index (χ1v) is 7.72. The summed E-state index contributed by atoms with van der Waals surface area (Å²) in [4.78, 5) is 14.0. The van der Waals surface area contributed by atoms with E-state index in [1.165, 1.54) is 5.56 Å². The lowest BCUT2D eigenvalue weighted by atomic mass is 10.1. The van der Waals surface area contributed by atoms with Crippen LogP contribution < -0.4 is 5.32 Å². The molecule has 2 unspecified atom stereocenters. The second kappa shape index (κ2) is 6.25. The minimum absolute atomic E-state index is 0.0376. The summed E-state index contributed by atoms with van der Waals surface area (Å²) < 4.78 is 0. The summed E-state index contributed by atoms with van der Waals surface area (Å²) in [5, 5.41) is 3.30. The summed E-state index contributed by atoms with van der Waals surface area (Å²) in [5.74, 6) is 1.30. The first kappa shape index (κ1) is 13.4. The Morgan fingerprint density at radius 1 is 1.44 bits per heavy atom. The Morgan fingerprint density at radius 2 is 2.17 bits per heavy atom. The summed E-state index contributed by atoms with van der Waals surface area (Å²) in [5.41, 5.74) is 1.17. The molecule has 0 radical (unpaired) electrons. The smallest absolute Gasteiger partial charge is 0.238 e. The zero-order valence-corrected chi connectivity index (χ0v) is 11.7. The summed E-state index contributed by atoms with van der Waals surface area (Å²) in [7, 11) is 0. The molecule has 1 aliphatic rings. The Hall–Kier alpha value is -1.00. The topological polar surface area (TPSA) is 32.3 Å². The van der Waals surface area contributed by atoms with Crippen molar-refractivity contribution in [3.8, 4) is 0 Å². The van der Waals surface area contributed by atoms with E-state index in [1.807, 2.05) is 34.9 Å². The number of nitrogens with zero attached hydrogens (tertiary/aromatic N) is 1. The van der Waals surface area contributed by atoms with Crippen LogP contribution in [-0.4, -0.2) is 35.4 Å². The van der Waals surface area contributed by atoms with E-state index in [9.17, 15) is 4.79 Å². The molecule has 1 amide bonds. The Bertz CT molecular complexity index is 396. The van der Waals surface area contributed by atoms with Gasteiger partial charge in [0.05, 0.1) is 6.54 Å². The highest BCUT2D eigenvalue weighted by Gasteiger charge is 2.34. The molecule has 1 heterocycles. The van der Waals surface area contributed by atoms with E-state index in [0.29, 0.717) is 6.54 Å². The highest BCUT2D eigenvalue weighted by molar-refractivity contribution is 7.98. The molecule has 18 heavy (non-hydrogen) atoms. The number of rotatable bonds is 5. The highest BCUT2D eigenvalue weighted by Crippen LogP contribution is 2.26. The monoisotopic (exact) mass is 264 g/mol. The molecule has 98 valence electrons.